The maximum absolute atomic E-state index is 10.8. The van der Waals surface area contributed by atoms with Gasteiger partial charge in [0.05, 0.1) is 3.74 Å². The Morgan fingerprint density at radius 2 is 2.00 bits per heavy atom. The quantitative estimate of drug-likeness (QED) is 0.533. The van der Waals surface area contributed by atoms with E-state index in [9.17, 15) is 9.59 Å². The van der Waals surface area contributed by atoms with Crippen LogP contribution < -0.4 is 10.6 Å². The molecule has 0 aromatic heterocycles. The normalized spacial score (nSPS) is 24.9. The van der Waals surface area contributed by atoms with Crippen molar-refractivity contribution >= 4 is 43.8 Å². The van der Waals surface area contributed by atoms with Gasteiger partial charge in [-0.2, -0.15) is 0 Å². The van der Waals surface area contributed by atoms with Gasteiger partial charge in [0.1, 0.15) is 6.04 Å². The summed E-state index contributed by atoms with van der Waals surface area (Å²) in [5.41, 5.74) is 0. The van der Waals surface area contributed by atoms with Crippen LogP contribution in [0.5, 0.6) is 0 Å². The van der Waals surface area contributed by atoms with E-state index in [4.69, 9.17) is 0 Å². The standard InChI is InChI=1S/C4H4Br2N2O2/c5-2(6)1-3(9)8-4(10)7-1/h1-2H,(H2,7,8,9,10). The van der Waals surface area contributed by atoms with Crippen molar-refractivity contribution < 1.29 is 9.59 Å². The van der Waals surface area contributed by atoms with Gasteiger partial charge in [-0.25, -0.2) is 4.79 Å². The molecule has 2 N–H and O–H groups in total. The van der Waals surface area contributed by atoms with Crippen LogP contribution in [0.2, 0.25) is 0 Å². The third-order valence-corrected chi connectivity index (χ3v) is 2.12. The summed E-state index contributed by atoms with van der Waals surface area (Å²) in [6, 6.07) is -0.952. The van der Waals surface area contributed by atoms with E-state index in [1.807, 2.05) is 0 Å². The van der Waals surface area contributed by atoms with Crippen LogP contribution in [0.3, 0.4) is 0 Å². The first-order valence-electron chi connectivity index (χ1n) is 2.51. The number of imide groups is 1. The Morgan fingerprint density at radius 3 is 2.20 bits per heavy atom. The van der Waals surface area contributed by atoms with Crippen molar-refractivity contribution in [2.24, 2.45) is 0 Å². The molecule has 0 radical (unpaired) electrons. The van der Waals surface area contributed by atoms with E-state index >= 15 is 0 Å². The Kier molecular flexibility index (Phi) is 2.30. The summed E-state index contributed by atoms with van der Waals surface area (Å²) in [7, 11) is 0. The zero-order valence-electron chi connectivity index (χ0n) is 4.73. The second-order valence-corrected chi connectivity index (χ2v) is 4.98. The van der Waals surface area contributed by atoms with Crippen LogP contribution >= 0.6 is 31.9 Å². The van der Waals surface area contributed by atoms with Crippen molar-refractivity contribution in [1.82, 2.24) is 10.6 Å². The minimum atomic E-state index is -0.507. The molecular weight excluding hydrogens is 268 g/mol. The lowest BCUT2D eigenvalue weighted by atomic mass is 10.4. The Balaban J connectivity index is 2.63. The molecule has 1 unspecified atom stereocenters. The van der Waals surface area contributed by atoms with Crippen molar-refractivity contribution in [3.05, 3.63) is 0 Å². The minimum absolute atomic E-state index is 0.216. The number of amides is 3. The number of nitrogens with one attached hydrogen (secondary N) is 2. The molecule has 0 bridgehead atoms. The zero-order valence-corrected chi connectivity index (χ0v) is 7.90. The number of hydrogen-bond acceptors (Lipinski definition) is 2. The molecule has 1 heterocycles. The van der Waals surface area contributed by atoms with Gasteiger partial charge in [-0.3, -0.25) is 10.1 Å². The van der Waals surface area contributed by atoms with E-state index in [2.05, 4.69) is 42.5 Å². The first-order valence-corrected chi connectivity index (χ1v) is 4.34. The van der Waals surface area contributed by atoms with Gasteiger partial charge in [0.25, 0.3) is 5.91 Å². The van der Waals surface area contributed by atoms with E-state index in [0.29, 0.717) is 0 Å². The molecule has 0 aromatic carbocycles. The number of hydrogen-bond donors (Lipinski definition) is 2. The maximum Gasteiger partial charge on any atom is 0.322 e. The highest BCUT2D eigenvalue weighted by atomic mass is 79.9. The number of rotatable bonds is 1. The zero-order chi connectivity index (χ0) is 7.72. The third kappa shape index (κ3) is 1.49. The fraction of sp³-hybridized carbons (Fsp3) is 0.500. The van der Waals surface area contributed by atoms with E-state index < -0.39 is 12.1 Å². The molecule has 0 spiro atoms. The fourth-order valence-electron chi connectivity index (χ4n) is 0.610. The van der Waals surface area contributed by atoms with Crippen molar-refractivity contribution in [2.75, 3.05) is 0 Å². The maximum atomic E-state index is 10.8. The van der Waals surface area contributed by atoms with Crippen LogP contribution in [0.25, 0.3) is 0 Å². The van der Waals surface area contributed by atoms with E-state index in [0.717, 1.165) is 0 Å². The van der Waals surface area contributed by atoms with Crippen LogP contribution in [0.1, 0.15) is 0 Å². The van der Waals surface area contributed by atoms with Crippen molar-refractivity contribution in [3.63, 3.8) is 0 Å². The lowest BCUT2D eigenvalue weighted by molar-refractivity contribution is -0.119. The second kappa shape index (κ2) is 2.87. The predicted molar refractivity (Wildman–Crippen MR) is 42.1 cm³/mol. The van der Waals surface area contributed by atoms with Crippen LogP contribution in [0.4, 0.5) is 4.79 Å². The number of halogens is 2. The molecule has 1 fully saturated rings. The lowest BCUT2D eigenvalue weighted by Crippen LogP contribution is -2.34. The molecule has 1 saturated heterocycles. The Bertz CT molecular complexity index is 182. The van der Waals surface area contributed by atoms with Gasteiger partial charge in [0.15, 0.2) is 0 Å². The molecule has 6 heteroatoms. The van der Waals surface area contributed by atoms with E-state index in [1.165, 1.54) is 0 Å². The van der Waals surface area contributed by atoms with Gasteiger partial charge < -0.3 is 5.32 Å². The molecule has 0 aliphatic carbocycles. The van der Waals surface area contributed by atoms with Crippen LogP contribution in [0, 0.1) is 0 Å². The lowest BCUT2D eigenvalue weighted by Gasteiger charge is -2.05. The topological polar surface area (TPSA) is 58.2 Å². The van der Waals surface area contributed by atoms with Crippen molar-refractivity contribution in [1.29, 1.82) is 0 Å². The highest BCUT2D eigenvalue weighted by Gasteiger charge is 2.33. The predicted octanol–water partition coefficient (Wildman–Crippen LogP) is 0.310. The molecule has 1 atom stereocenters. The summed E-state index contributed by atoms with van der Waals surface area (Å²) in [4.78, 5) is 21.3. The van der Waals surface area contributed by atoms with Gasteiger partial charge in [-0.1, -0.05) is 31.9 Å². The SMILES string of the molecule is O=C1NC(=O)C(C(Br)Br)N1. The first kappa shape index (κ1) is 8.00. The fourth-order valence-corrected chi connectivity index (χ4v) is 1.35. The molecular formula is C4H4Br2N2O2. The molecule has 56 valence electrons. The van der Waals surface area contributed by atoms with Crippen LogP contribution in [-0.4, -0.2) is 21.7 Å². The van der Waals surface area contributed by atoms with Crippen molar-refractivity contribution in [3.8, 4) is 0 Å². The van der Waals surface area contributed by atoms with Gasteiger partial charge in [0, 0.05) is 0 Å². The number of urea groups is 1. The van der Waals surface area contributed by atoms with Gasteiger partial charge in [-0.15, -0.1) is 0 Å². The van der Waals surface area contributed by atoms with Gasteiger partial charge >= 0.3 is 6.03 Å². The van der Waals surface area contributed by atoms with E-state index in [1.54, 1.807) is 0 Å². The molecule has 1 aliphatic heterocycles. The summed E-state index contributed by atoms with van der Waals surface area (Å²) in [6.45, 7) is 0. The van der Waals surface area contributed by atoms with Crippen molar-refractivity contribution in [2.45, 2.75) is 9.78 Å². The number of alkyl halides is 2. The largest absolute Gasteiger partial charge is 0.324 e. The molecule has 0 aromatic rings. The van der Waals surface area contributed by atoms with E-state index in [-0.39, 0.29) is 9.64 Å². The summed E-state index contributed by atoms with van der Waals surface area (Å²) < 4.78 is -0.216. The monoisotopic (exact) mass is 270 g/mol. The molecule has 1 aliphatic rings. The average Bonchev–Trinajstić information content (AvgIpc) is 2.10. The Labute approximate surface area is 74.0 Å². The molecule has 3 amide bonds. The summed E-state index contributed by atoms with van der Waals surface area (Å²) >= 11 is 6.22. The third-order valence-electron chi connectivity index (χ3n) is 1.06. The Hall–Kier alpha value is -0.100. The molecule has 10 heavy (non-hydrogen) atoms. The average molecular weight is 272 g/mol. The minimum Gasteiger partial charge on any atom is -0.324 e. The Morgan fingerprint density at radius 1 is 1.40 bits per heavy atom. The first-order chi connectivity index (χ1) is 4.61. The van der Waals surface area contributed by atoms with Crippen LogP contribution in [-0.2, 0) is 4.79 Å². The van der Waals surface area contributed by atoms with Crippen LogP contribution in [0.15, 0.2) is 0 Å². The number of carbonyl (C=O) groups is 2. The summed E-state index contributed by atoms with van der Waals surface area (Å²) in [6.07, 6.45) is 0. The highest BCUT2D eigenvalue weighted by Crippen LogP contribution is 2.15. The molecule has 0 saturated carbocycles. The van der Waals surface area contributed by atoms with Gasteiger partial charge in [-0.05, 0) is 0 Å². The highest BCUT2D eigenvalue weighted by molar-refractivity contribution is 9.24. The van der Waals surface area contributed by atoms with Gasteiger partial charge in [0.2, 0.25) is 0 Å². The smallest absolute Gasteiger partial charge is 0.322 e. The summed E-state index contributed by atoms with van der Waals surface area (Å²) in [5, 5.41) is 4.51. The molecule has 4 nitrogen and oxygen atoms in total. The molecule has 1 rings (SSSR count). The second-order valence-electron chi connectivity index (χ2n) is 1.77. The number of carbonyl (C=O) groups excluding carboxylic acids is 2. The summed E-state index contributed by atoms with van der Waals surface area (Å²) in [5.74, 6) is -0.316.